The number of carbonyl (C=O) groups excluding carboxylic acids is 1. The van der Waals surface area contributed by atoms with Crippen LogP contribution in [-0.4, -0.2) is 80.4 Å². The van der Waals surface area contributed by atoms with Crippen LogP contribution in [0, 0.1) is 0 Å². The fraction of sp³-hybridized carbons (Fsp3) is 0.400. The first-order chi connectivity index (χ1) is 14.5. The van der Waals surface area contributed by atoms with E-state index in [1.165, 1.54) is 21.1 Å². The Morgan fingerprint density at radius 1 is 1.23 bits per heavy atom. The summed E-state index contributed by atoms with van der Waals surface area (Å²) >= 11 is 6.52. The summed E-state index contributed by atoms with van der Waals surface area (Å²) in [5.41, 5.74) is 0.745. The molecule has 30 heavy (non-hydrogen) atoms. The van der Waals surface area contributed by atoms with Crippen molar-refractivity contribution in [1.29, 1.82) is 0 Å². The van der Waals surface area contributed by atoms with Gasteiger partial charge in [-0.05, 0) is 25.1 Å². The van der Waals surface area contributed by atoms with E-state index in [1.807, 2.05) is 13.0 Å². The molecule has 0 aromatic carbocycles. The Bertz CT molecular complexity index is 1080. The molecule has 0 atom stereocenters. The van der Waals surface area contributed by atoms with Crippen molar-refractivity contribution < 1.29 is 9.90 Å². The number of anilines is 1. The number of nitrogens with zero attached hydrogens (tertiary/aromatic N) is 5. The van der Waals surface area contributed by atoms with E-state index in [4.69, 9.17) is 17.2 Å². The van der Waals surface area contributed by atoms with Gasteiger partial charge in [0.2, 0.25) is 0 Å². The van der Waals surface area contributed by atoms with Gasteiger partial charge in [0, 0.05) is 45.5 Å². The number of β-amino-alcohol motifs (C(OH)–C–C–N with tert-alkyl or cyclic N) is 1. The quantitative estimate of drug-likeness (QED) is 0.540. The number of amides is 1. The Hall–Kier alpha value is -2.27. The number of hydrogen-bond donors (Lipinski definition) is 1. The van der Waals surface area contributed by atoms with E-state index in [0.29, 0.717) is 52.4 Å². The zero-order valence-corrected chi connectivity index (χ0v) is 18.3. The highest BCUT2D eigenvalue weighted by Crippen LogP contribution is 2.33. The molecule has 2 aliphatic heterocycles. The lowest BCUT2D eigenvalue weighted by Crippen LogP contribution is -2.48. The predicted octanol–water partition coefficient (Wildman–Crippen LogP) is 1.03. The second-order valence-corrected chi connectivity index (χ2v) is 8.74. The summed E-state index contributed by atoms with van der Waals surface area (Å²) in [4.78, 5) is 37.0. The lowest BCUT2D eigenvalue weighted by Gasteiger charge is -2.35. The van der Waals surface area contributed by atoms with Crippen molar-refractivity contribution in [2.24, 2.45) is 0 Å². The zero-order valence-electron chi connectivity index (χ0n) is 16.7. The van der Waals surface area contributed by atoms with E-state index in [1.54, 1.807) is 24.4 Å². The molecule has 2 aromatic rings. The number of rotatable bonds is 5. The average molecular weight is 446 g/mol. The number of hydrogen-bond acceptors (Lipinski definition) is 8. The molecule has 1 N–H and O–H groups in total. The van der Waals surface area contributed by atoms with Crippen molar-refractivity contribution in [3.05, 3.63) is 45.2 Å². The maximum atomic E-state index is 13.3. The number of likely N-dealkylation sites (N-methyl/N-ethyl adjacent to an activating group) is 1. The standard InChI is InChI=1S/C20H23N5O3S2/c1-2-24-19(28)15(30-20(24)29)13-14-17(23-9-7-22(8-10-23)11-12-26)21-16-5-3-4-6-25(16)18(14)27/h3-6,13,26H,2,7-12H2,1H3/b15-13-. The molecule has 2 aliphatic rings. The number of pyridine rings is 1. The van der Waals surface area contributed by atoms with Crippen LogP contribution in [0.15, 0.2) is 34.1 Å². The molecular weight excluding hydrogens is 422 g/mol. The van der Waals surface area contributed by atoms with Gasteiger partial charge in [-0.25, -0.2) is 4.98 Å². The Labute approximate surface area is 183 Å². The summed E-state index contributed by atoms with van der Waals surface area (Å²) in [5.74, 6) is 0.403. The summed E-state index contributed by atoms with van der Waals surface area (Å²) in [6.45, 7) is 6.04. The lowest BCUT2D eigenvalue weighted by molar-refractivity contribution is -0.121. The van der Waals surface area contributed by atoms with Gasteiger partial charge in [0.15, 0.2) is 0 Å². The molecule has 1 amide bonds. The van der Waals surface area contributed by atoms with Crippen LogP contribution in [0.3, 0.4) is 0 Å². The van der Waals surface area contributed by atoms with Crippen molar-refractivity contribution in [1.82, 2.24) is 19.2 Å². The molecule has 0 spiro atoms. The molecule has 4 heterocycles. The molecule has 10 heteroatoms. The molecule has 0 saturated carbocycles. The van der Waals surface area contributed by atoms with Crippen LogP contribution in [0.25, 0.3) is 11.7 Å². The molecule has 0 aliphatic carbocycles. The van der Waals surface area contributed by atoms with Crippen LogP contribution in [0.1, 0.15) is 12.5 Å². The molecule has 0 unspecified atom stereocenters. The first-order valence-corrected chi connectivity index (χ1v) is 11.1. The topological polar surface area (TPSA) is 81.4 Å². The van der Waals surface area contributed by atoms with Crippen molar-refractivity contribution in [2.75, 3.05) is 50.8 Å². The number of fused-ring (bicyclic) bond motifs is 1. The molecule has 2 aromatic heterocycles. The number of thiocarbonyl (C=S) groups is 1. The van der Waals surface area contributed by atoms with Crippen molar-refractivity contribution in [3.8, 4) is 0 Å². The van der Waals surface area contributed by atoms with Crippen LogP contribution < -0.4 is 10.5 Å². The number of aliphatic hydroxyl groups is 1. The number of piperazine rings is 1. The fourth-order valence-electron chi connectivity index (χ4n) is 3.69. The van der Waals surface area contributed by atoms with E-state index < -0.39 is 0 Å². The summed E-state index contributed by atoms with van der Waals surface area (Å²) in [7, 11) is 0. The van der Waals surface area contributed by atoms with E-state index in [9.17, 15) is 14.7 Å². The van der Waals surface area contributed by atoms with Gasteiger partial charge in [-0.15, -0.1) is 0 Å². The highest BCUT2D eigenvalue weighted by atomic mass is 32.2. The number of thioether (sulfide) groups is 1. The monoisotopic (exact) mass is 445 g/mol. The van der Waals surface area contributed by atoms with Crippen LogP contribution in [0.2, 0.25) is 0 Å². The first-order valence-electron chi connectivity index (χ1n) is 9.88. The SMILES string of the molecule is CCN1C(=O)/C(=C/c2c(N3CCN(CCO)CC3)nc3ccccn3c2=O)SC1=S. The molecule has 2 saturated heterocycles. The van der Waals surface area contributed by atoms with E-state index in [0.717, 1.165) is 13.1 Å². The third-order valence-electron chi connectivity index (χ3n) is 5.30. The van der Waals surface area contributed by atoms with Crippen LogP contribution in [0.4, 0.5) is 5.82 Å². The molecule has 0 bridgehead atoms. The zero-order chi connectivity index (χ0) is 21.3. The van der Waals surface area contributed by atoms with Crippen molar-refractivity contribution in [2.45, 2.75) is 6.92 Å². The molecule has 2 fully saturated rings. The Kier molecular flexibility index (Phi) is 6.19. The van der Waals surface area contributed by atoms with E-state index in [2.05, 4.69) is 9.80 Å². The number of carbonyl (C=O) groups is 1. The fourth-order valence-corrected chi connectivity index (χ4v) is 5.05. The molecule has 8 nitrogen and oxygen atoms in total. The van der Waals surface area contributed by atoms with Crippen molar-refractivity contribution >= 4 is 51.7 Å². The van der Waals surface area contributed by atoms with Gasteiger partial charge >= 0.3 is 0 Å². The normalized spacial score (nSPS) is 19.5. The van der Waals surface area contributed by atoms with Gasteiger partial charge in [0.05, 0.1) is 17.1 Å². The number of aromatic nitrogens is 2. The third-order valence-corrected chi connectivity index (χ3v) is 6.68. The van der Waals surface area contributed by atoms with Gasteiger partial charge in [0.1, 0.15) is 15.8 Å². The largest absolute Gasteiger partial charge is 0.395 e. The summed E-state index contributed by atoms with van der Waals surface area (Å²) in [5, 5.41) is 9.18. The minimum atomic E-state index is -0.213. The van der Waals surface area contributed by atoms with E-state index in [-0.39, 0.29) is 18.1 Å². The second kappa shape index (κ2) is 8.84. The van der Waals surface area contributed by atoms with Gasteiger partial charge in [-0.2, -0.15) is 0 Å². The summed E-state index contributed by atoms with van der Waals surface area (Å²) in [6, 6.07) is 5.42. The Balaban J connectivity index is 1.78. The lowest BCUT2D eigenvalue weighted by atomic mass is 10.2. The second-order valence-electron chi connectivity index (χ2n) is 7.06. The van der Waals surface area contributed by atoms with Crippen molar-refractivity contribution in [3.63, 3.8) is 0 Å². The molecular formula is C20H23N5O3S2. The predicted molar refractivity (Wildman–Crippen MR) is 123 cm³/mol. The van der Waals surface area contributed by atoms with Crippen LogP contribution >= 0.6 is 24.0 Å². The maximum absolute atomic E-state index is 13.3. The maximum Gasteiger partial charge on any atom is 0.267 e. The minimum Gasteiger partial charge on any atom is -0.395 e. The average Bonchev–Trinajstić information content (AvgIpc) is 3.03. The molecule has 158 valence electrons. The van der Waals surface area contributed by atoms with Gasteiger partial charge < -0.3 is 10.0 Å². The van der Waals surface area contributed by atoms with Gasteiger partial charge in [-0.3, -0.25) is 23.8 Å². The third kappa shape index (κ3) is 3.87. The summed E-state index contributed by atoms with van der Waals surface area (Å²) < 4.78 is 2.00. The minimum absolute atomic E-state index is 0.125. The molecule has 4 rings (SSSR count). The van der Waals surface area contributed by atoms with E-state index >= 15 is 0 Å². The smallest absolute Gasteiger partial charge is 0.267 e. The summed E-state index contributed by atoms with van der Waals surface area (Å²) in [6.07, 6.45) is 3.32. The Morgan fingerprint density at radius 2 is 2.00 bits per heavy atom. The Morgan fingerprint density at radius 3 is 2.67 bits per heavy atom. The first kappa shape index (κ1) is 21.0. The van der Waals surface area contributed by atoms with Crippen LogP contribution in [-0.2, 0) is 4.79 Å². The molecule has 0 radical (unpaired) electrons. The highest BCUT2D eigenvalue weighted by Gasteiger charge is 2.32. The highest BCUT2D eigenvalue weighted by molar-refractivity contribution is 8.26. The van der Waals surface area contributed by atoms with Gasteiger partial charge in [0.25, 0.3) is 11.5 Å². The van der Waals surface area contributed by atoms with Crippen LogP contribution in [0.5, 0.6) is 0 Å². The van der Waals surface area contributed by atoms with Gasteiger partial charge in [-0.1, -0.05) is 30.0 Å². The number of aliphatic hydroxyl groups excluding tert-OH is 1.